The average Bonchev–Trinajstić information content (AvgIpc) is 2.85. The summed E-state index contributed by atoms with van der Waals surface area (Å²) >= 11 is 0. The Kier molecular flexibility index (Phi) is 4.02. The van der Waals surface area contributed by atoms with Gasteiger partial charge in [0.1, 0.15) is 0 Å². The number of rotatable bonds is 6. The van der Waals surface area contributed by atoms with Crippen LogP contribution in [-0.2, 0) is 11.3 Å². The molecule has 0 aliphatic heterocycles. The zero-order chi connectivity index (χ0) is 13.8. The summed E-state index contributed by atoms with van der Waals surface area (Å²) in [6.45, 7) is 3.68. The predicted octanol–water partition coefficient (Wildman–Crippen LogP) is 2.91. The van der Waals surface area contributed by atoms with Gasteiger partial charge in [-0.1, -0.05) is 30.3 Å². The number of nitrogens with one attached hydrogen (secondary N) is 1. The third kappa shape index (κ3) is 3.20. The van der Waals surface area contributed by atoms with Gasteiger partial charge in [0, 0.05) is 18.8 Å². The molecule has 1 heterocycles. The van der Waals surface area contributed by atoms with Gasteiger partial charge >= 0.3 is 0 Å². The van der Waals surface area contributed by atoms with Crippen molar-refractivity contribution in [1.82, 2.24) is 9.78 Å². The van der Waals surface area contributed by atoms with Crippen molar-refractivity contribution in [2.24, 2.45) is 0 Å². The van der Waals surface area contributed by atoms with Crippen LogP contribution in [0.2, 0.25) is 0 Å². The molecule has 4 heteroatoms. The number of nitrogens with zero attached hydrogens (tertiary/aromatic N) is 2. The van der Waals surface area contributed by atoms with Crippen molar-refractivity contribution in [2.75, 3.05) is 11.9 Å². The first-order valence-corrected chi connectivity index (χ1v) is 7.28. The first kappa shape index (κ1) is 13.2. The normalized spacial score (nSPS) is 21.4. The van der Waals surface area contributed by atoms with Crippen LogP contribution in [0, 0.1) is 0 Å². The highest BCUT2D eigenvalue weighted by molar-refractivity contribution is 5.40. The Hall–Kier alpha value is -1.81. The Morgan fingerprint density at radius 2 is 2.10 bits per heavy atom. The number of ether oxygens (including phenoxy) is 1. The lowest BCUT2D eigenvalue weighted by atomic mass is 9.89. The molecule has 1 aromatic carbocycles. The predicted molar refractivity (Wildman–Crippen MR) is 79.8 cm³/mol. The summed E-state index contributed by atoms with van der Waals surface area (Å²) in [6, 6.07) is 10.9. The third-order valence-electron chi connectivity index (χ3n) is 3.69. The maximum atomic E-state index is 5.57. The fraction of sp³-hybridized carbons (Fsp3) is 0.438. The summed E-state index contributed by atoms with van der Waals surface area (Å²) in [4.78, 5) is 0. The minimum absolute atomic E-state index is 0.442. The van der Waals surface area contributed by atoms with E-state index < -0.39 is 0 Å². The highest BCUT2D eigenvalue weighted by Crippen LogP contribution is 2.26. The van der Waals surface area contributed by atoms with Gasteiger partial charge in [-0.25, -0.2) is 0 Å². The van der Waals surface area contributed by atoms with Crippen LogP contribution in [0.25, 0.3) is 0 Å². The Morgan fingerprint density at radius 1 is 1.30 bits per heavy atom. The van der Waals surface area contributed by atoms with Crippen LogP contribution >= 0.6 is 0 Å². The molecular weight excluding hydrogens is 250 g/mol. The quantitative estimate of drug-likeness (QED) is 0.878. The van der Waals surface area contributed by atoms with Crippen LogP contribution in [0.15, 0.2) is 42.7 Å². The summed E-state index contributed by atoms with van der Waals surface area (Å²) in [5, 5.41) is 7.91. The molecule has 0 spiro atoms. The van der Waals surface area contributed by atoms with E-state index in [4.69, 9.17) is 4.74 Å². The number of benzene rings is 1. The molecule has 0 atom stereocenters. The van der Waals surface area contributed by atoms with E-state index in [1.165, 1.54) is 5.56 Å². The Morgan fingerprint density at radius 3 is 2.85 bits per heavy atom. The number of hydrogen-bond acceptors (Lipinski definition) is 3. The molecule has 1 aliphatic rings. The van der Waals surface area contributed by atoms with Gasteiger partial charge in [0.05, 0.1) is 24.5 Å². The van der Waals surface area contributed by atoms with Crippen LogP contribution in [0.3, 0.4) is 0 Å². The Balaban J connectivity index is 1.50. The largest absolute Gasteiger partial charge is 0.380 e. The second-order valence-corrected chi connectivity index (χ2v) is 5.30. The molecule has 4 nitrogen and oxygen atoms in total. The van der Waals surface area contributed by atoms with E-state index in [9.17, 15) is 0 Å². The fourth-order valence-corrected chi connectivity index (χ4v) is 2.59. The third-order valence-corrected chi connectivity index (χ3v) is 3.69. The summed E-state index contributed by atoms with van der Waals surface area (Å²) in [7, 11) is 0. The van der Waals surface area contributed by atoms with Gasteiger partial charge in [0.15, 0.2) is 0 Å². The molecule has 1 aromatic heterocycles. The van der Waals surface area contributed by atoms with E-state index in [-0.39, 0.29) is 0 Å². The molecule has 106 valence electrons. The standard InChI is InChI=1S/C16H21N3O/c1-2-20-16-8-14(9-16)18-15-10-17-19(12-15)11-13-6-4-3-5-7-13/h3-7,10,12,14,16,18H,2,8-9,11H2,1H3. The van der Waals surface area contributed by atoms with Crippen molar-refractivity contribution >= 4 is 5.69 Å². The molecule has 0 saturated heterocycles. The van der Waals surface area contributed by atoms with Gasteiger partial charge in [-0.2, -0.15) is 5.10 Å². The van der Waals surface area contributed by atoms with Gasteiger partial charge in [0.25, 0.3) is 0 Å². The molecule has 0 radical (unpaired) electrons. The van der Waals surface area contributed by atoms with Crippen molar-refractivity contribution in [1.29, 1.82) is 0 Å². The Bertz CT molecular complexity index is 532. The first-order valence-electron chi connectivity index (χ1n) is 7.28. The lowest BCUT2D eigenvalue weighted by Crippen LogP contribution is -2.40. The minimum atomic E-state index is 0.442. The molecule has 1 N–H and O–H groups in total. The van der Waals surface area contributed by atoms with Crippen molar-refractivity contribution in [2.45, 2.75) is 38.5 Å². The number of anilines is 1. The van der Waals surface area contributed by atoms with Crippen molar-refractivity contribution in [3.63, 3.8) is 0 Å². The molecule has 0 bridgehead atoms. The molecule has 0 amide bonds. The van der Waals surface area contributed by atoms with Gasteiger partial charge in [-0.15, -0.1) is 0 Å². The monoisotopic (exact) mass is 271 g/mol. The molecule has 1 saturated carbocycles. The van der Waals surface area contributed by atoms with Crippen LogP contribution in [-0.4, -0.2) is 28.5 Å². The SMILES string of the molecule is CCOC1CC(Nc2cnn(Cc3ccccc3)c2)C1. The summed E-state index contributed by atoms with van der Waals surface area (Å²) in [6.07, 6.45) is 6.60. The number of hydrogen-bond donors (Lipinski definition) is 1. The highest BCUT2D eigenvalue weighted by Gasteiger charge is 2.29. The summed E-state index contributed by atoms with van der Waals surface area (Å²) in [5.74, 6) is 0. The molecule has 1 aliphatic carbocycles. The molecule has 0 unspecified atom stereocenters. The smallest absolute Gasteiger partial charge is 0.0728 e. The van der Waals surface area contributed by atoms with E-state index in [0.29, 0.717) is 12.1 Å². The molecule has 20 heavy (non-hydrogen) atoms. The molecular formula is C16H21N3O. The van der Waals surface area contributed by atoms with Crippen LogP contribution in [0.5, 0.6) is 0 Å². The minimum Gasteiger partial charge on any atom is -0.380 e. The summed E-state index contributed by atoms with van der Waals surface area (Å²) in [5.41, 5.74) is 2.36. The highest BCUT2D eigenvalue weighted by atomic mass is 16.5. The molecule has 2 aromatic rings. The zero-order valence-corrected chi connectivity index (χ0v) is 11.8. The summed E-state index contributed by atoms with van der Waals surface area (Å²) < 4.78 is 7.54. The fourth-order valence-electron chi connectivity index (χ4n) is 2.59. The van der Waals surface area contributed by atoms with Crippen LogP contribution < -0.4 is 5.32 Å². The maximum Gasteiger partial charge on any atom is 0.0728 e. The molecule has 1 fully saturated rings. The van der Waals surface area contributed by atoms with Crippen molar-refractivity contribution in [3.8, 4) is 0 Å². The Labute approximate surface area is 119 Å². The van der Waals surface area contributed by atoms with Gasteiger partial charge < -0.3 is 10.1 Å². The van der Waals surface area contributed by atoms with Gasteiger partial charge in [0.2, 0.25) is 0 Å². The van der Waals surface area contributed by atoms with E-state index in [1.54, 1.807) is 0 Å². The number of aromatic nitrogens is 2. The lowest BCUT2D eigenvalue weighted by Gasteiger charge is -2.35. The van der Waals surface area contributed by atoms with Crippen LogP contribution in [0.1, 0.15) is 25.3 Å². The second-order valence-electron chi connectivity index (χ2n) is 5.30. The first-order chi connectivity index (χ1) is 9.83. The maximum absolute atomic E-state index is 5.57. The van der Waals surface area contributed by atoms with Crippen LogP contribution in [0.4, 0.5) is 5.69 Å². The van der Waals surface area contributed by atoms with Crippen molar-refractivity contribution < 1.29 is 4.74 Å². The topological polar surface area (TPSA) is 39.1 Å². The second kappa shape index (κ2) is 6.09. The average molecular weight is 271 g/mol. The van der Waals surface area contributed by atoms with E-state index in [2.05, 4.69) is 40.9 Å². The zero-order valence-electron chi connectivity index (χ0n) is 11.8. The van der Waals surface area contributed by atoms with Gasteiger partial charge in [-0.3, -0.25) is 4.68 Å². The van der Waals surface area contributed by atoms with Crippen molar-refractivity contribution in [3.05, 3.63) is 48.3 Å². The molecule has 3 rings (SSSR count). The van der Waals surface area contributed by atoms with Gasteiger partial charge in [-0.05, 0) is 25.3 Å². The van der Waals surface area contributed by atoms with E-state index >= 15 is 0 Å². The van der Waals surface area contributed by atoms with E-state index in [1.807, 2.05) is 23.9 Å². The van der Waals surface area contributed by atoms with E-state index in [0.717, 1.165) is 31.7 Å². The lowest BCUT2D eigenvalue weighted by molar-refractivity contribution is 0.00299.